The maximum absolute atomic E-state index is 5.76. The summed E-state index contributed by atoms with van der Waals surface area (Å²) in [5.41, 5.74) is 1.82. The summed E-state index contributed by atoms with van der Waals surface area (Å²) in [6.07, 6.45) is 1.91. The smallest absolute Gasteiger partial charge is 0.195 e. The first-order valence-electron chi connectivity index (χ1n) is 7.75. The summed E-state index contributed by atoms with van der Waals surface area (Å²) >= 11 is 0. The maximum Gasteiger partial charge on any atom is 0.195 e. The molecule has 0 spiro atoms. The van der Waals surface area contributed by atoms with E-state index < -0.39 is 0 Å². The van der Waals surface area contributed by atoms with E-state index in [9.17, 15) is 0 Å². The fraction of sp³-hybridized carbons (Fsp3) is 0.438. The Bertz CT molecular complexity index is 758. The van der Waals surface area contributed by atoms with Gasteiger partial charge < -0.3 is 8.98 Å². The van der Waals surface area contributed by atoms with Crippen molar-refractivity contribution in [3.63, 3.8) is 0 Å². The molecule has 0 atom stereocenters. The Kier molecular flexibility index (Phi) is 3.38. The number of hydrogen-bond acceptors (Lipinski definition) is 5. The fourth-order valence-electron chi connectivity index (χ4n) is 3.02. The van der Waals surface area contributed by atoms with Crippen LogP contribution in [0, 0.1) is 6.92 Å². The highest BCUT2D eigenvalue weighted by Crippen LogP contribution is 2.17. The molecule has 22 heavy (non-hydrogen) atoms. The zero-order chi connectivity index (χ0) is 14.9. The number of oxazole rings is 1. The van der Waals surface area contributed by atoms with Gasteiger partial charge in [-0.1, -0.05) is 12.1 Å². The number of rotatable bonds is 4. The van der Waals surface area contributed by atoms with Gasteiger partial charge in [0.1, 0.15) is 17.2 Å². The molecular formula is C16H19N5O. The van der Waals surface area contributed by atoms with Gasteiger partial charge in [-0.3, -0.25) is 4.90 Å². The van der Waals surface area contributed by atoms with Crippen LogP contribution < -0.4 is 0 Å². The molecule has 114 valence electrons. The van der Waals surface area contributed by atoms with Crippen molar-refractivity contribution in [2.24, 2.45) is 0 Å². The third kappa shape index (κ3) is 2.50. The van der Waals surface area contributed by atoms with E-state index in [1.807, 2.05) is 31.2 Å². The lowest BCUT2D eigenvalue weighted by Crippen LogP contribution is -2.35. The molecule has 3 heterocycles. The highest BCUT2D eigenvalue weighted by Gasteiger charge is 2.19. The molecule has 0 N–H and O–H groups in total. The molecule has 1 aromatic carbocycles. The largest absolute Gasteiger partial charge is 0.441 e. The van der Waals surface area contributed by atoms with Crippen molar-refractivity contribution in [3.05, 3.63) is 41.8 Å². The minimum Gasteiger partial charge on any atom is -0.441 e. The van der Waals surface area contributed by atoms with Crippen LogP contribution >= 0.6 is 0 Å². The lowest BCUT2D eigenvalue weighted by Gasteiger charge is -2.27. The molecule has 0 aliphatic carbocycles. The Labute approximate surface area is 128 Å². The SMILES string of the molecule is Cc1nnc2n1CCN(CCCc1nc3ccccc3o1)C2. The van der Waals surface area contributed by atoms with Crippen LogP contribution in [0.3, 0.4) is 0 Å². The lowest BCUT2D eigenvalue weighted by atomic mass is 10.2. The second-order valence-corrected chi connectivity index (χ2v) is 5.77. The van der Waals surface area contributed by atoms with Gasteiger partial charge in [-0.05, 0) is 32.0 Å². The molecule has 0 bridgehead atoms. The molecule has 0 amide bonds. The maximum atomic E-state index is 5.76. The molecule has 4 rings (SSSR count). The van der Waals surface area contributed by atoms with Crippen molar-refractivity contribution in [3.8, 4) is 0 Å². The van der Waals surface area contributed by atoms with E-state index in [0.29, 0.717) is 0 Å². The summed E-state index contributed by atoms with van der Waals surface area (Å²) < 4.78 is 7.97. The van der Waals surface area contributed by atoms with Crippen LogP contribution in [0.5, 0.6) is 0 Å². The van der Waals surface area contributed by atoms with E-state index in [2.05, 4.69) is 24.6 Å². The van der Waals surface area contributed by atoms with Crippen LogP contribution in [0.2, 0.25) is 0 Å². The van der Waals surface area contributed by atoms with Crippen LogP contribution in [-0.4, -0.2) is 37.7 Å². The molecule has 6 heteroatoms. The van der Waals surface area contributed by atoms with E-state index in [-0.39, 0.29) is 0 Å². The van der Waals surface area contributed by atoms with Crippen molar-refractivity contribution in [2.75, 3.05) is 13.1 Å². The van der Waals surface area contributed by atoms with Crippen molar-refractivity contribution >= 4 is 11.1 Å². The van der Waals surface area contributed by atoms with Crippen LogP contribution in [-0.2, 0) is 19.5 Å². The Balaban J connectivity index is 1.34. The summed E-state index contributed by atoms with van der Waals surface area (Å²) in [6.45, 7) is 5.97. The molecule has 1 aliphatic heterocycles. The fourth-order valence-corrected chi connectivity index (χ4v) is 3.02. The summed E-state index contributed by atoms with van der Waals surface area (Å²) in [5, 5.41) is 8.39. The number of aryl methyl sites for hydroxylation is 2. The minimum absolute atomic E-state index is 0.831. The quantitative estimate of drug-likeness (QED) is 0.738. The molecule has 1 aliphatic rings. The van der Waals surface area contributed by atoms with Gasteiger partial charge in [-0.15, -0.1) is 10.2 Å². The molecule has 3 aromatic rings. The van der Waals surface area contributed by atoms with Gasteiger partial charge in [0.25, 0.3) is 0 Å². The first-order valence-corrected chi connectivity index (χ1v) is 7.75. The Morgan fingerprint density at radius 3 is 3.00 bits per heavy atom. The van der Waals surface area contributed by atoms with Gasteiger partial charge in [0.15, 0.2) is 11.5 Å². The average Bonchev–Trinajstić information content (AvgIpc) is 3.11. The van der Waals surface area contributed by atoms with E-state index in [1.165, 1.54) is 0 Å². The summed E-state index contributed by atoms with van der Waals surface area (Å²) in [7, 11) is 0. The van der Waals surface area contributed by atoms with Gasteiger partial charge in [-0.2, -0.15) is 0 Å². The predicted octanol–water partition coefficient (Wildman–Crippen LogP) is 2.18. The van der Waals surface area contributed by atoms with Crippen molar-refractivity contribution < 1.29 is 4.42 Å². The molecule has 0 fully saturated rings. The van der Waals surface area contributed by atoms with Crippen molar-refractivity contribution in [1.29, 1.82) is 0 Å². The van der Waals surface area contributed by atoms with Crippen LogP contribution in [0.15, 0.2) is 28.7 Å². The average molecular weight is 297 g/mol. The van der Waals surface area contributed by atoms with E-state index in [1.54, 1.807) is 0 Å². The molecule has 6 nitrogen and oxygen atoms in total. The number of nitrogens with zero attached hydrogens (tertiary/aromatic N) is 5. The molecule has 2 aromatic heterocycles. The molecule has 0 radical (unpaired) electrons. The monoisotopic (exact) mass is 297 g/mol. The van der Waals surface area contributed by atoms with Crippen LogP contribution in [0.4, 0.5) is 0 Å². The molecule has 0 saturated heterocycles. The highest BCUT2D eigenvalue weighted by atomic mass is 16.3. The third-order valence-electron chi connectivity index (χ3n) is 4.22. The zero-order valence-electron chi connectivity index (χ0n) is 12.7. The topological polar surface area (TPSA) is 60.0 Å². The Morgan fingerprint density at radius 2 is 2.09 bits per heavy atom. The number of hydrogen-bond donors (Lipinski definition) is 0. The van der Waals surface area contributed by atoms with Crippen molar-refractivity contribution in [2.45, 2.75) is 32.9 Å². The summed E-state index contributed by atoms with van der Waals surface area (Å²) in [6, 6.07) is 7.91. The van der Waals surface area contributed by atoms with E-state index in [4.69, 9.17) is 4.42 Å². The first kappa shape index (κ1) is 13.5. The van der Waals surface area contributed by atoms with Crippen LogP contribution in [0.25, 0.3) is 11.1 Å². The molecule has 0 saturated carbocycles. The standard InChI is InChI=1S/C16H19N5O/c1-12-18-19-15-11-20(9-10-21(12)15)8-4-7-16-17-13-5-2-3-6-14(13)22-16/h2-3,5-6H,4,7-11H2,1H3. The Hall–Kier alpha value is -2.21. The predicted molar refractivity (Wildman–Crippen MR) is 82.4 cm³/mol. The van der Waals surface area contributed by atoms with Crippen LogP contribution in [0.1, 0.15) is 24.0 Å². The number of benzene rings is 1. The number of fused-ring (bicyclic) bond motifs is 2. The first-order chi connectivity index (χ1) is 10.8. The lowest BCUT2D eigenvalue weighted by molar-refractivity contribution is 0.212. The van der Waals surface area contributed by atoms with E-state index in [0.717, 1.165) is 67.7 Å². The van der Waals surface area contributed by atoms with E-state index >= 15 is 0 Å². The zero-order valence-corrected chi connectivity index (χ0v) is 12.7. The van der Waals surface area contributed by atoms with Gasteiger partial charge >= 0.3 is 0 Å². The number of para-hydroxylation sites is 2. The second-order valence-electron chi connectivity index (χ2n) is 5.77. The third-order valence-corrected chi connectivity index (χ3v) is 4.22. The van der Waals surface area contributed by atoms with Crippen molar-refractivity contribution in [1.82, 2.24) is 24.6 Å². The normalized spacial score (nSPS) is 15.3. The van der Waals surface area contributed by atoms with Gasteiger partial charge in [0.05, 0.1) is 6.54 Å². The van der Waals surface area contributed by atoms with Gasteiger partial charge in [0, 0.05) is 19.5 Å². The minimum atomic E-state index is 0.831. The Morgan fingerprint density at radius 1 is 1.18 bits per heavy atom. The van der Waals surface area contributed by atoms with Gasteiger partial charge in [0.2, 0.25) is 0 Å². The summed E-state index contributed by atoms with van der Waals surface area (Å²) in [5.74, 6) is 2.92. The summed E-state index contributed by atoms with van der Waals surface area (Å²) in [4.78, 5) is 6.95. The number of aromatic nitrogens is 4. The van der Waals surface area contributed by atoms with Gasteiger partial charge in [-0.25, -0.2) is 4.98 Å². The molecule has 0 unspecified atom stereocenters. The highest BCUT2D eigenvalue weighted by molar-refractivity contribution is 5.72. The molecular weight excluding hydrogens is 278 g/mol. The second kappa shape index (κ2) is 5.53.